The van der Waals surface area contributed by atoms with Crippen LogP contribution in [-0.2, 0) is 4.79 Å². The summed E-state index contributed by atoms with van der Waals surface area (Å²) in [7, 11) is 4.00. The van der Waals surface area contributed by atoms with Crippen LogP contribution in [-0.4, -0.2) is 65.9 Å². The molecule has 0 spiro atoms. The predicted molar refractivity (Wildman–Crippen MR) is 152 cm³/mol. The highest BCUT2D eigenvalue weighted by Crippen LogP contribution is 2.26. The lowest BCUT2D eigenvalue weighted by molar-refractivity contribution is -0.192. The zero-order chi connectivity index (χ0) is 30.0. The monoisotopic (exact) mass is 575 g/mol. The van der Waals surface area contributed by atoms with E-state index in [9.17, 15) is 18.0 Å². The van der Waals surface area contributed by atoms with Gasteiger partial charge in [0.2, 0.25) is 5.95 Å². The Labute approximate surface area is 237 Å². The number of nitrogens with one attached hydrogen (secondary N) is 2. The zero-order valence-corrected chi connectivity index (χ0v) is 23.4. The first-order valence-corrected chi connectivity index (χ1v) is 13.5. The highest BCUT2D eigenvalue weighted by Gasteiger charge is 2.38. The van der Waals surface area contributed by atoms with Crippen molar-refractivity contribution in [3.63, 3.8) is 0 Å². The van der Waals surface area contributed by atoms with Crippen LogP contribution in [0.3, 0.4) is 0 Å². The molecular formula is C29H36F3N5O4. The van der Waals surface area contributed by atoms with E-state index in [2.05, 4.69) is 23.6 Å². The number of nitrogens with zero attached hydrogens (tertiary/aromatic N) is 3. The molecule has 0 bridgehead atoms. The molecule has 12 heteroatoms. The number of carboxylic acid groups (broad SMARTS) is 1. The number of aliphatic carboxylic acids is 1. The maximum Gasteiger partial charge on any atom is 0.490 e. The van der Waals surface area contributed by atoms with Gasteiger partial charge in [-0.25, -0.2) is 9.78 Å². The summed E-state index contributed by atoms with van der Waals surface area (Å²) in [6.45, 7) is 2.85. The molecule has 0 atom stereocenters. The second-order valence-corrected chi connectivity index (χ2v) is 9.98. The van der Waals surface area contributed by atoms with Gasteiger partial charge in [-0.1, -0.05) is 25.5 Å². The third-order valence-corrected chi connectivity index (χ3v) is 6.53. The molecule has 1 amide bonds. The molecule has 0 saturated heterocycles. The molecule has 9 nitrogen and oxygen atoms in total. The quantitative estimate of drug-likeness (QED) is 0.280. The number of fused-ring (bicyclic) bond motifs is 1. The van der Waals surface area contributed by atoms with Gasteiger partial charge in [-0.3, -0.25) is 4.79 Å². The number of carbonyl (C=O) groups excluding carboxylic acids is 1. The number of carboxylic acids is 1. The van der Waals surface area contributed by atoms with E-state index in [4.69, 9.17) is 24.6 Å². The molecule has 0 aliphatic heterocycles. The van der Waals surface area contributed by atoms with Gasteiger partial charge in [-0.2, -0.15) is 18.2 Å². The first-order valence-electron chi connectivity index (χ1n) is 13.5. The number of para-hydroxylation sites is 1. The summed E-state index contributed by atoms with van der Waals surface area (Å²) in [6, 6.07) is 16.0. The summed E-state index contributed by atoms with van der Waals surface area (Å²) in [4.78, 5) is 33.1. The average Bonchev–Trinajstić information content (AvgIpc) is 2.94. The molecule has 1 saturated carbocycles. The van der Waals surface area contributed by atoms with Crippen molar-refractivity contribution in [2.75, 3.05) is 30.9 Å². The summed E-state index contributed by atoms with van der Waals surface area (Å²) in [5, 5.41) is 14.9. The minimum atomic E-state index is -5.08. The number of rotatable bonds is 9. The molecular weight excluding hydrogens is 539 g/mol. The van der Waals surface area contributed by atoms with Crippen LogP contribution in [0, 0.1) is 0 Å². The number of anilines is 2. The molecule has 1 aliphatic carbocycles. The molecule has 3 N–H and O–H groups in total. The lowest BCUT2D eigenvalue weighted by Gasteiger charge is -2.30. The molecule has 1 fully saturated rings. The Morgan fingerprint density at radius 2 is 1.61 bits per heavy atom. The Bertz CT molecular complexity index is 1290. The van der Waals surface area contributed by atoms with Crippen molar-refractivity contribution < 1.29 is 32.6 Å². The number of benzene rings is 2. The van der Waals surface area contributed by atoms with Crippen molar-refractivity contribution in [2.24, 2.45) is 0 Å². The van der Waals surface area contributed by atoms with Crippen LogP contribution in [0.4, 0.5) is 24.9 Å². The van der Waals surface area contributed by atoms with E-state index in [-0.39, 0.29) is 11.9 Å². The molecule has 4 rings (SSSR count). The van der Waals surface area contributed by atoms with Crippen LogP contribution in [0.2, 0.25) is 0 Å². The molecule has 222 valence electrons. The summed E-state index contributed by atoms with van der Waals surface area (Å²) in [5.41, 5.74) is 1.61. The van der Waals surface area contributed by atoms with Crippen molar-refractivity contribution in [1.82, 2.24) is 15.3 Å². The predicted octanol–water partition coefficient (Wildman–Crippen LogP) is 5.66. The Hall–Kier alpha value is -4.09. The summed E-state index contributed by atoms with van der Waals surface area (Å²) < 4.78 is 37.4. The molecule has 1 aromatic heterocycles. The molecule has 3 aromatic rings. The maximum atomic E-state index is 12.7. The van der Waals surface area contributed by atoms with Crippen LogP contribution < -0.4 is 20.3 Å². The number of hydrogen-bond donors (Lipinski definition) is 3. The van der Waals surface area contributed by atoms with Crippen molar-refractivity contribution in [1.29, 1.82) is 0 Å². The number of alkyl halides is 3. The van der Waals surface area contributed by atoms with Crippen molar-refractivity contribution in [3.05, 3.63) is 54.1 Å². The van der Waals surface area contributed by atoms with E-state index < -0.39 is 12.1 Å². The highest BCUT2D eigenvalue weighted by atomic mass is 19.4. The maximum absolute atomic E-state index is 12.7. The van der Waals surface area contributed by atoms with E-state index in [1.54, 1.807) is 0 Å². The van der Waals surface area contributed by atoms with E-state index in [0.717, 1.165) is 61.0 Å². The van der Waals surface area contributed by atoms with Crippen LogP contribution >= 0.6 is 0 Å². The average molecular weight is 576 g/mol. The number of halogens is 3. The smallest absolute Gasteiger partial charge is 0.490 e. The van der Waals surface area contributed by atoms with Gasteiger partial charge in [0.15, 0.2) is 0 Å². The van der Waals surface area contributed by atoms with Crippen LogP contribution in [0.1, 0.15) is 55.8 Å². The fourth-order valence-corrected chi connectivity index (χ4v) is 4.34. The third-order valence-electron chi connectivity index (χ3n) is 6.53. The van der Waals surface area contributed by atoms with Gasteiger partial charge in [0.1, 0.15) is 11.6 Å². The second-order valence-electron chi connectivity index (χ2n) is 9.98. The van der Waals surface area contributed by atoms with E-state index >= 15 is 0 Å². The number of aromatic nitrogens is 2. The van der Waals surface area contributed by atoms with Gasteiger partial charge >= 0.3 is 12.1 Å². The van der Waals surface area contributed by atoms with E-state index in [1.807, 2.05) is 61.5 Å². The van der Waals surface area contributed by atoms with Gasteiger partial charge < -0.3 is 25.4 Å². The number of carbonyl (C=O) groups is 2. The highest BCUT2D eigenvalue weighted by molar-refractivity contribution is 5.94. The number of hydrogen-bond acceptors (Lipinski definition) is 7. The van der Waals surface area contributed by atoms with E-state index in [1.165, 1.54) is 0 Å². The topological polar surface area (TPSA) is 117 Å². The first-order chi connectivity index (χ1) is 19.5. The molecule has 41 heavy (non-hydrogen) atoms. The summed E-state index contributed by atoms with van der Waals surface area (Å²) >= 11 is 0. The molecule has 2 aromatic carbocycles. The molecule has 1 heterocycles. The Morgan fingerprint density at radius 3 is 2.20 bits per heavy atom. The first kappa shape index (κ1) is 31.4. The van der Waals surface area contributed by atoms with Gasteiger partial charge in [-0.15, -0.1) is 0 Å². The second kappa shape index (κ2) is 14.5. The third kappa shape index (κ3) is 9.51. The minimum absolute atomic E-state index is 0.0231. The Kier molecular flexibility index (Phi) is 11.1. The Balaban J connectivity index is 0.000000587. The number of amides is 1. The van der Waals surface area contributed by atoms with E-state index in [0.29, 0.717) is 24.2 Å². The zero-order valence-electron chi connectivity index (χ0n) is 23.4. The number of unbranched alkanes of at least 4 members (excludes halogenated alkanes) is 1. The summed E-state index contributed by atoms with van der Waals surface area (Å²) in [5.74, 6) is -0.394. The normalized spacial score (nSPS) is 16.7. The lowest BCUT2D eigenvalue weighted by Crippen LogP contribution is -2.40. The molecule has 1 aliphatic rings. The molecule has 0 unspecified atom stereocenters. The van der Waals surface area contributed by atoms with Crippen LogP contribution in [0.5, 0.6) is 5.75 Å². The Morgan fingerprint density at radius 1 is 1.00 bits per heavy atom. The number of ether oxygens (including phenoxy) is 1. The van der Waals surface area contributed by atoms with Crippen LogP contribution in [0.25, 0.3) is 10.9 Å². The largest absolute Gasteiger partial charge is 0.494 e. The summed E-state index contributed by atoms with van der Waals surface area (Å²) in [6.07, 6.45) is 0.824. The fraction of sp³-hybridized carbons (Fsp3) is 0.448. The van der Waals surface area contributed by atoms with Crippen molar-refractivity contribution in [3.8, 4) is 5.75 Å². The SMILES string of the molecule is CCCCOc1ccc(C(=O)NC2CCC(Nc3nc(N(C)C)c4ccccc4n3)CC2)cc1.O=C(O)C(F)(F)F. The van der Waals surface area contributed by atoms with Crippen molar-refractivity contribution >= 4 is 34.5 Å². The fourth-order valence-electron chi connectivity index (χ4n) is 4.34. The molecule has 0 radical (unpaired) electrons. The van der Waals surface area contributed by atoms with Gasteiger partial charge in [-0.05, 0) is 68.5 Å². The van der Waals surface area contributed by atoms with Crippen LogP contribution in [0.15, 0.2) is 48.5 Å². The standard InChI is InChI=1S/C27H35N5O2.C2HF3O2/c1-4-5-18-34-22-16-10-19(11-17-22)26(33)28-20-12-14-21(15-13-20)29-27-30-24-9-7-6-8-23(24)25(31-27)32(2)3;3-2(4,5)1(6)7/h6-11,16-17,20-21H,4-5,12-15,18H2,1-3H3,(H,28,33)(H,29,30,31);(H,6,7). The van der Waals surface area contributed by atoms with Crippen molar-refractivity contribution in [2.45, 2.75) is 63.7 Å². The minimum Gasteiger partial charge on any atom is -0.494 e. The van der Waals surface area contributed by atoms with Gasteiger partial charge in [0.25, 0.3) is 5.91 Å². The van der Waals surface area contributed by atoms with Gasteiger partial charge in [0, 0.05) is 37.1 Å². The lowest BCUT2D eigenvalue weighted by atomic mass is 9.91. The van der Waals surface area contributed by atoms with Gasteiger partial charge in [0.05, 0.1) is 12.1 Å².